The van der Waals surface area contributed by atoms with Gasteiger partial charge < -0.3 is 10.1 Å². The van der Waals surface area contributed by atoms with E-state index in [2.05, 4.69) is 12.2 Å². The minimum absolute atomic E-state index is 0.0343. The number of ether oxygens (including phenoxy) is 1. The smallest absolute Gasteiger partial charge is 0.338 e. The second-order valence-electron chi connectivity index (χ2n) is 7.08. The second kappa shape index (κ2) is 11.8. The van der Waals surface area contributed by atoms with Crippen LogP contribution in [0.4, 0.5) is 0 Å². The number of unbranched alkanes of at least 4 members (excludes halogenated alkanes) is 1. The summed E-state index contributed by atoms with van der Waals surface area (Å²) < 4.78 is 5.17. The number of esters is 1. The quantitative estimate of drug-likeness (QED) is 0.353. The lowest BCUT2D eigenvalue weighted by molar-refractivity contribution is -0.118. The maximum Gasteiger partial charge on any atom is 0.338 e. The Hall–Kier alpha value is -2.95. The summed E-state index contributed by atoms with van der Waals surface area (Å²) >= 11 is 0. The van der Waals surface area contributed by atoms with Crippen molar-refractivity contribution < 1.29 is 19.1 Å². The molecule has 29 heavy (non-hydrogen) atoms. The number of rotatable bonds is 11. The molecule has 0 aliphatic rings. The van der Waals surface area contributed by atoms with Crippen LogP contribution in [0.15, 0.2) is 48.5 Å². The van der Waals surface area contributed by atoms with Crippen molar-refractivity contribution in [2.45, 2.75) is 46.0 Å². The molecule has 2 aromatic carbocycles. The summed E-state index contributed by atoms with van der Waals surface area (Å²) in [6, 6.07) is 14.6. The van der Waals surface area contributed by atoms with Crippen LogP contribution in [0.5, 0.6) is 0 Å². The molecule has 1 amide bonds. The Morgan fingerprint density at radius 2 is 1.38 bits per heavy atom. The van der Waals surface area contributed by atoms with E-state index in [1.54, 1.807) is 24.3 Å². The molecule has 0 saturated heterocycles. The zero-order valence-corrected chi connectivity index (χ0v) is 17.2. The molecule has 0 aliphatic heterocycles. The number of carbonyl (C=O) groups excluding carboxylic acids is 3. The highest BCUT2D eigenvalue weighted by atomic mass is 16.5. The first-order valence-corrected chi connectivity index (χ1v) is 10.1. The molecule has 0 aromatic heterocycles. The maximum atomic E-state index is 12.3. The maximum absolute atomic E-state index is 12.3. The lowest BCUT2D eigenvalue weighted by Crippen LogP contribution is -2.21. The van der Waals surface area contributed by atoms with Crippen LogP contribution in [0.1, 0.15) is 65.0 Å². The lowest BCUT2D eigenvalue weighted by atomic mass is 10.1. The van der Waals surface area contributed by atoms with Crippen molar-refractivity contribution in [1.29, 1.82) is 0 Å². The fourth-order valence-electron chi connectivity index (χ4n) is 2.90. The van der Waals surface area contributed by atoms with E-state index in [-0.39, 0.29) is 18.3 Å². The van der Waals surface area contributed by atoms with Crippen LogP contribution in [-0.4, -0.2) is 30.8 Å². The largest absolute Gasteiger partial charge is 0.454 e. The summed E-state index contributed by atoms with van der Waals surface area (Å²) in [6.45, 7) is 3.99. The van der Waals surface area contributed by atoms with Crippen molar-refractivity contribution in [2.24, 2.45) is 0 Å². The van der Waals surface area contributed by atoms with Gasteiger partial charge in [0.2, 0.25) is 5.91 Å². The average Bonchev–Trinajstić information content (AvgIpc) is 2.74. The van der Waals surface area contributed by atoms with E-state index in [9.17, 15) is 14.4 Å². The second-order valence-corrected chi connectivity index (χ2v) is 7.08. The number of Topliss-reactive ketones (excluding diaryl/α,β-unsaturated/α-hetero) is 1. The van der Waals surface area contributed by atoms with Gasteiger partial charge in [0, 0.05) is 19.0 Å². The molecule has 0 fully saturated rings. The third kappa shape index (κ3) is 7.90. The number of carbonyl (C=O) groups is 3. The van der Waals surface area contributed by atoms with E-state index in [0.29, 0.717) is 17.7 Å². The van der Waals surface area contributed by atoms with Crippen molar-refractivity contribution >= 4 is 17.7 Å². The van der Waals surface area contributed by atoms with E-state index >= 15 is 0 Å². The van der Waals surface area contributed by atoms with Crippen LogP contribution in [0.2, 0.25) is 0 Å². The number of hydrogen-bond acceptors (Lipinski definition) is 4. The Labute approximate surface area is 172 Å². The Balaban J connectivity index is 1.79. The van der Waals surface area contributed by atoms with Crippen LogP contribution in [-0.2, 0) is 22.4 Å². The minimum atomic E-state index is -0.491. The van der Waals surface area contributed by atoms with Gasteiger partial charge in [0.05, 0.1) is 5.56 Å². The molecule has 0 spiro atoms. The highest BCUT2D eigenvalue weighted by Gasteiger charge is 2.12. The highest BCUT2D eigenvalue weighted by molar-refractivity contribution is 5.99. The Bertz CT molecular complexity index is 810. The number of hydrogen-bond donors (Lipinski definition) is 1. The van der Waals surface area contributed by atoms with Crippen LogP contribution >= 0.6 is 0 Å². The first-order valence-electron chi connectivity index (χ1n) is 10.1. The molecular weight excluding hydrogens is 366 g/mol. The molecule has 5 heteroatoms. The summed E-state index contributed by atoms with van der Waals surface area (Å²) in [7, 11) is 0. The third-order valence-electron chi connectivity index (χ3n) is 4.64. The molecule has 0 unspecified atom stereocenters. The zero-order chi connectivity index (χ0) is 21.1. The van der Waals surface area contributed by atoms with Crippen LogP contribution in [0, 0.1) is 0 Å². The van der Waals surface area contributed by atoms with Gasteiger partial charge in [-0.2, -0.15) is 0 Å². The van der Waals surface area contributed by atoms with Crippen LogP contribution in [0.25, 0.3) is 0 Å². The molecule has 0 radical (unpaired) electrons. The van der Waals surface area contributed by atoms with Gasteiger partial charge in [-0.3, -0.25) is 9.59 Å². The van der Waals surface area contributed by atoms with E-state index in [1.807, 2.05) is 24.3 Å². The summed E-state index contributed by atoms with van der Waals surface area (Å²) in [5.41, 5.74) is 3.24. The van der Waals surface area contributed by atoms with Crippen molar-refractivity contribution in [2.75, 3.05) is 13.2 Å². The van der Waals surface area contributed by atoms with Gasteiger partial charge >= 0.3 is 5.97 Å². The topological polar surface area (TPSA) is 72.5 Å². The summed E-state index contributed by atoms with van der Waals surface area (Å²) in [5, 5.41) is 2.76. The fraction of sp³-hybridized carbons (Fsp3) is 0.375. The Kier molecular flexibility index (Phi) is 9.09. The predicted molar refractivity (Wildman–Crippen MR) is 113 cm³/mol. The van der Waals surface area contributed by atoms with E-state index in [0.717, 1.165) is 37.7 Å². The SMILES string of the molecule is CCCCc1ccc(C(=O)OCC(=O)c2ccc(CCCNC(C)=O)cc2)cc1. The van der Waals surface area contributed by atoms with E-state index in [1.165, 1.54) is 12.5 Å². The highest BCUT2D eigenvalue weighted by Crippen LogP contribution is 2.11. The number of ketones is 1. The Morgan fingerprint density at radius 3 is 1.93 bits per heavy atom. The summed E-state index contributed by atoms with van der Waals surface area (Å²) in [6.07, 6.45) is 4.89. The first-order chi connectivity index (χ1) is 14.0. The normalized spacial score (nSPS) is 10.4. The molecule has 0 atom stereocenters. The molecule has 2 aromatic rings. The standard InChI is InChI=1S/C24H29NO4/c1-3-4-6-19-10-14-22(15-11-19)24(28)29-17-23(27)21-12-8-20(9-13-21)7-5-16-25-18(2)26/h8-15H,3-7,16-17H2,1-2H3,(H,25,26). The number of benzene rings is 2. The number of amides is 1. The summed E-state index contributed by atoms with van der Waals surface area (Å²) in [5.74, 6) is -0.759. The molecule has 0 aliphatic carbocycles. The van der Waals surface area contributed by atoms with Gasteiger partial charge in [0.15, 0.2) is 12.4 Å². The van der Waals surface area contributed by atoms with Gasteiger partial charge in [0.1, 0.15) is 0 Å². The molecule has 154 valence electrons. The van der Waals surface area contributed by atoms with E-state index < -0.39 is 5.97 Å². The average molecular weight is 395 g/mol. The van der Waals surface area contributed by atoms with Crippen LogP contribution in [0.3, 0.4) is 0 Å². The number of aryl methyl sites for hydroxylation is 2. The lowest BCUT2D eigenvalue weighted by Gasteiger charge is -2.07. The van der Waals surface area contributed by atoms with Crippen molar-refractivity contribution in [3.05, 3.63) is 70.8 Å². The Morgan fingerprint density at radius 1 is 0.828 bits per heavy atom. The molecule has 0 bridgehead atoms. The van der Waals surface area contributed by atoms with E-state index in [4.69, 9.17) is 4.74 Å². The molecule has 2 rings (SSSR count). The van der Waals surface area contributed by atoms with Crippen LogP contribution < -0.4 is 5.32 Å². The third-order valence-corrected chi connectivity index (χ3v) is 4.64. The van der Waals surface area contributed by atoms with Gasteiger partial charge in [-0.1, -0.05) is 49.7 Å². The molecule has 0 saturated carbocycles. The zero-order valence-electron chi connectivity index (χ0n) is 17.2. The predicted octanol–water partition coefficient (Wildman–Crippen LogP) is 4.14. The monoisotopic (exact) mass is 395 g/mol. The van der Waals surface area contributed by atoms with Gasteiger partial charge in [-0.15, -0.1) is 0 Å². The molecular formula is C24H29NO4. The molecule has 1 N–H and O–H groups in total. The fourth-order valence-corrected chi connectivity index (χ4v) is 2.90. The first kappa shape index (κ1) is 22.3. The van der Waals surface area contributed by atoms with Gasteiger partial charge in [0.25, 0.3) is 0 Å². The molecule has 5 nitrogen and oxygen atoms in total. The van der Waals surface area contributed by atoms with Gasteiger partial charge in [-0.25, -0.2) is 4.79 Å². The van der Waals surface area contributed by atoms with Gasteiger partial charge in [-0.05, 0) is 48.9 Å². The minimum Gasteiger partial charge on any atom is -0.454 e. The van der Waals surface area contributed by atoms with Crippen molar-refractivity contribution in [3.8, 4) is 0 Å². The number of nitrogens with one attached hydrogen (secondary N) is 1. The summed E-state index contributed by atoms with van der Waals surface area (Å²) in [4.78, 5) is 35.3. The van der Waals surface area contributed by atoms with Crippen molar-refractivity contribution in [1.82, 2.24) is 5.32 Å². The van der Waals surface area contributed by atoms with Crippen molar-refractivity contribution in [3.63, 3.8) is 0 Å². The molecule has 0 heterocycles.